The lowest BCUT2D eigenvalue weighted by Crippen LogP contribution is -2.63. The summed E-state index contributed by atoms with van der Waals surface area (Å²) in [4.78, 5) is 79.2. The molecule has 2 amide bonds. The molecule has 18 heteroatoms. The number of carbonyl (C=O) groups is 4. The van der Waals surface area contributed by atoms with Gasteiger partial charge in [-0.3, -0.25) is 39.5 Å². The van der Waals surface area contributed by atoms with Gasteiger partial charge in [-0.05, 0) is 48.7 Å². The first-order valence-corrected chi connectivity index (χ1v) is 18.2. The number of benzene rings is 2. The minimum atomic E-state index is -0.906. The predicted octanol–water partition coefficient (Wildman–Crippen LogP) is 1.97. The fourth-order valence-corrected chi connectivity index (χ4v) is 8.69. The third kappa shape index (κ3) is 8.19. The lowest BCUT2D eigenvalue weighted by atomic mass is 9.79. The van der Waals surface area contributed by atoms with Gasteiger partial charge in [0.2, 0.25) is 11.8 Å². The van der Waals surface area contributed by atoms with Crippen molar-refractivity contribution in [1.82, 2.24) is 20.0 Å². The summed E-state index contributed by atoms with van der Waals surface area (Å²) >= 11 is 1.43. The fourth-order valence-electron chi connectivity index (χ4n) is 7.21. The number of aliphatic hydroxyl groups excluding tert-OH is 1. The molecular weight excluding hydrogens is 712 g/mol. The largest absolute Gasteiger partial charge is 0.460 e. The van der Waals surface area contributed by atoms with E-state index in [9.17, 15) is 44.5 Å². The summed E-state index contributed by atoms with van der Waals surface area (Å²) in [6, 6.07) is 10.5. The van der Waals surface area contributed by atoms with E-state index in [4.69, 9.17) is 9.47 Å². The van der Waals surface area contributed by atoms with E-state index in [1.165, 1.54) is 65.2 Å². The molecule has 0 spiro atoms. The Kier molecular flexibility index (Phi) is 11.4. The molecule has 2 aromatic carbocycles. The van der Waals surface area contributed by atoms with Crippen LogP contribution >= 0.6 is 11.8 Å². The molecule has 282 valence electrons. The molecule has 2 aromatic rings. The van der Waals surface area contributed by atoms with Crippen LogP contribution in [0.25, 0.3) is 0 Å². The van der Waals surface area contributed by atoms with Crippen molar-refractivity contribution in [1.29, 1.82) is 0 Å². The van der Waals surface area contributed by atoms with Gasteiger partial charge in [0.05, 0.1) is 40.5 Å². The average Bonchev–Trinajstić information content (AvgIpc) is 3.70. The number of nitrogens with one attached hydrogen (secondary N) is 1. The number of piperazine rings is 1. The van der Waals surface area contributed by atoms with Gasteiger partial charge >= 0.3 is 11.9 Å². The number of nitrogens with zero attached hydrogens (tertiary/aromatic N) is 5. The van der Waals surface area contributed by atoms with Crippen LogP contribution in [0, 0.1) is 32.1 Å². The number of rotatable bonds is 13. The number of amides is 2. The van der Waals surface area contributed by atoms with Crippen LogP contribution in [0.5, 0.6) is 0 Å². The maximum absolute atomic E-state index is 13.6. The van der Waals surface area contributed by atoms with Crippen LogP contribution in [0.1, 0.15) is 31.4 Å². The summed E-state index contributed by atoms with van der Waals surface area (Å²) in [5.41, 5.74) is 1.17. The van der Waals surface area contributed by atoms with Gasteiger partial charge < -0.3 is 29.7 Å². The van der Waals surface area contributed by atoms with Gasteiger partial charge in [-0.1, -0.05) is 6.92 Å². The van der Waals surface area contributed by atoms with Gasteiger partial charge in [0.15, 0.2) is 0 Å². The Bertz CT molecular complexity index is 1800. The molecule has 0 bridgehead atoms. The van der Waals surface area contributed by atoms with Crippen LogP contribution in [0.2, 0.25) is 0 Å². The van der Waals surface area contributed by atoms with Crippen LogP contribution in [-0.2, 0) is 41.9 Å². The maximum Gasteiger partial charge on any atom is 0.356 e. The second-order valence-corrected chi connectivity index (χ2v) is 14.9. The Morgan fingerprint density at radius 2 is 1.51 bits per heavy atom. The summed E-state index contributed by atoms with van der Waals surface area (Å²) in [5.74, 6) is -2.47. The third-order valence-corrected chi connectivity index (χ3v) is 11.6. The number of nitro benzene ring substituents is 2. The fraction of sp³-hybridized carbons (Fsp3) is 0.486. The van der Waals surface area contributed by atoms with Gasteiger partial charge in [0, 0.05) is 73.1 Å². The van der Waals surface area contributed by atoms with Crippen molar-refractivity contribution >= 4 is 46.9 Å². The summed E-state index contributed by atoms with van der Waals surface area (Å²) < 4.78 is 10.9. The average molecular weight is 753 g/mol. The van der Waals surface area contributed by atoms with Crippen molar-refractivity contribution in [2.45, 2.75) is 56.9 Å². The van der Waals surface area contributed by atoms with E-state index in [-0.39, 0.29) is 59.8 Å². The van der Waals surface area contributed by atoms with Crippen LogP contribution in [0.15, 0.2) is 59.1 Å². The standard InChI is InChI=1S/C35H40N6O11S/c1-20-30-29(21(2)42)34(45)39(30)31(35(46)52-19-23-5-9-25(10-6-23)41(49)50)32(20)53-26-15-27(36-16-26)33(44)38-13-11-37(12-14-38)17-28(43)51-18-22-3-7-24(8-4-22)40(47)48/h3-10,20-21,26-27,29-30,36,42H,11-19H2,1-2H3/t20-,21-,26+,27+,29-,30-/m1/s1. The molecular formula is C35H40N6O11S. The highest BCUT2D eigenvalue weighted by molar-refractivity contribution is 8.03. The molecule has 0 aromatic heterocycles. The zero-order valence-electron chi connectivity index (χ0n) is 29.1. The Morgan fingerprint density at radius 3 is 2.06 bits per heavy atom. The van der Waals surface area contributed by atoms with E-state index in [2.05, 4.69) is 5.32 Å². The molecule has 3 fully saturated rings. The first-order chi connectivity index (χ1) is 25.3. The van der Waals surface area contributed by atoms with Gasteiger partial charge in [-0.25, -0.2) is 4.79 Å². The van der Waals surface area contributed by atoms with Gasteiger partial charge in [0.1, 0.15) is 18.9 Å². The number of β-lactam (4-membered cyclic amide) rings is 1. The molecule has 53 heavy (non-hydrogen) atoms. The number of nitro groups is 2. The minimum absolute atomic E-state index is 0.00151. The summed E-state index contributed by atoms with van der Waals surface area (Å²) in [7, 11) is 0. The van der Waals surface area contributed by atoms with Gasteiger partial charge in [-0.15, -0.1) is 11.8 Å². The number of carbonyl (C=O) groups excluding carboxylic acids is 4. The van der Waals surface area contributed by atoms with Gasteiger partial charge in [0.25, 0.3) is 11.4 Å². The van der Waals surface area contributed by atoms with Crippen LogP contribution in [0.3, 0.4) is 0 Å². The molecule has 2 N–H and O–H groups in total. The van der Waals surface area contributed by atoms with E-state index in [1.807, 2.05) is 11.8 Å². The number of hydrogen-bond donors (Lipinski definition) is 2. The highest BCUT2D eigenvalue weighted by Gasteiger charge is 2.60. The van der Waals surface area contributed by atoms with E-state index in [1.54, 1.807) is 11.8 Å². The van der Waals surface area contributed by atoms with Crippen molar-refractivity contribution in [2.75, 3.05) is 39.3 Å². The molecule has 6 atom stereocenters. The molecule has 0 radical (unpaired) electrons. The van der Waals surface area contributed by atoms with E-state index < -0.39 is 45.9 Å². The molecule has 0 aliphatic carbocycles. The number of esters is 2. The van der Waals surface area contributed by atoms with E-state index in [0.717, 1.165) is 0 Å². The van der Waals surface area contributed by atoms with E-state index in [0.29, 0.717) is 55.2 Å². The van der Waals surface area contributed by atoms with E-state index >= 15 is 0 Å². The Hall–Kier alpha value is -4.91. The highest BCUT2D eigenvalue weighted by Crippen LogP contribution is 2.52. The first-order valence-electron chi connectivity index (χ1n) is 17.3. The zero-order valence-corrected chi connectivity index (χ0v) is 29.9. The number of hydrogen-bond acceptors (Lipinski definition) is 14. The Morgan fingerprint density at radius 1 is 0.943 bits per heavy atom. The van der Waals surface area contributed by atoms with Crippen molar-refractivity contribution in [3.05, 3.63) is 90.5 Å². The van der Waals surface area contributed by atoms with Crippen molar-refractivity contribution < 1.29 is 43.6 Å². The second-order valence-electron chi connectivity index (χ2n) is 13.6. The van der Waals surface area contributed by atoms with Crippen molar-refractivity contribution in [2.24, 2.45) is 11.8 Å². The topological polar surface area (TPSA) is 215 Å². The second kappa shape index (κ2) is 16.0. The molecule has 17 nitrogen and oxygen atoms in total. The molecule has 4 aliphatic heterocycles. The quantitative estimate of drug-likeness (QED) is 0.130. The normalized spacial score (nSPS) is 24.7. The van der Waals surface area contributed by atoms with Crippen molar-refractivity contribution in [3.63, 3.8) is 0 Å². The summed E-state index contributed by atoms with van der Waals surface area (Å²) in [6.07, 6.45) is -0.421. The van der Waals surface area contributed by atoms with Crippen LogP contribution in [0.4, 0.5) is 11.4 Å². The molecule has 3 saturated heterocycles. The number of non-ortho nitro benzene ring substituents is 2. The number of aliphatic hydroxyl groups is 1. The maximum atomic E-state index is 13.6. The zero-order chi connectivity index (χ0) is 38.0. The Balaban J connectivity index is 1.01. The van der Waals surface area contributed by atoms with Crippen LogP contribution < -0.4 is 5.32 Å². The number of fused-ring (bicyclic) bond motifs is 1. The lowest BCUT2D eigenvalue weighted by Gasteiger charge is -2.46. The first kappa shape index (κ1) is 37.8. The molecule has 4 aliphatic rings. The Labute approximate surface area is 308 Å². The lowest BCUT2D eigenvalue weighted by molar-refractivity contribution is -0.385. The van der Waals surface area contributed by atoms with Gasteiger partial charge in [-0.2, -0.15) is 0 Å². The third-order valence-electron chi connectivity index (χ3n) is 10.1. The SMILES string of the molecule is C[C@@H](O)[C@H]1C(=O)N2C(C(=O)OCc3ccc([N+](=O)[O-])cc3)=C(S[C@@H]3CN[C@H](C(=O)N4CCN(CC(=O)OCc5ccc([N+](=O)[O-])cc5)CC4)C3)[C@H](C)[C@H]12. The predicted molar refractivity (Wildman–Crippen MR) is 189 cm³/mol. The number of ether oxygens (including phenoxy) is 2. The van der Waals surface area contributed by atoms with Crippen LogP contribution in [-0.4, -0.2) is 116 Å². The summed E-state index contributed by atoms with van der Waals surface area (Å²) in [6.45, 7) is 5.66. The molecule has 0 saturated carbocycles. The molecule has 0 unspecified atom stereocenters. The molecule has 6 rings (SSSR count). The van der Waals surface area contributed by atoms with Crippen molar-refractivity contribution in [3.8, 4) is 0 Å². The monoisotopic (exact) mass is 752 g/mol. The smallest absolute Gasteiger partial charge is 0.356 e. The molecule has 4 heterocycles. The highest BCUT2D eigenvalue weighted by atomic mass is 32.2. The minimum Gasteiger partial charge on any atom is -0.460 e. The summed E-state index contributed by atoms with van der Waals surface area (Å²) in [5, 5.41) is 35.4. The number of thioether (sulfide) groups is 1.